The summed E-state index contributed by atoms with van der Waals surface area (Å²) in [6.45, 7) is 0. The molecule has 178 valence electrons. The number of methoxy groups -OCH3 is 2. The Labute approximate surface area is 218 Å². The maximum absolute atomic E-state index is 6.03. The van der Waals surface area contributed by atoms with Crippen molar-refractivity contribution in [3.63, 3.8) is 0 Å². The van der Waals surface area contributed by atoms with E-state index in [-0.39, 0.29) is 0 Å². The number of hydrogen-bond donors (Lipinski definition) is 0. The van der Waals surface area contributed by atoms with Gasteiger partial charge in [-0.05, 0) is 66.0 Å². The highest BCUT2D eigenvalue weighted by Crippen LogP contribution is 2.51. The van der Waals surface area contributed by atoms with Gasteiger partial charge in [0.2, 0.25) is 0 Å². The van der Waals surface area contributed by atoms with E-state index in [2.05, 4.69) is 97.1 Å². The van der Waals surface area contributed by atoms with Crippen LogP contribution in [-0.4, -0.2) is 14.2 Å². The van der Waals surface area contributed by atoms with Gasteiger partial charge in [0.15, 0.2) is 0 Å². The lowest BCUT2D eigenvalue weighted by Crippen LogP contribution is -1.95. The summed E-state index contributed by atoms with van der Waals surface area (Å²) >= 11 is 0. The van der Waals surface area contributed by atoms with E-state index in [0.29, 0.717) is 0 Å². The third-order valence-electron chi connectivity index (χ3n) is 8.72. The largest absolute Gasteiger partial charge is 0.495 e. The molecule has 0 aliphatic rings. The minimum absolute atomic E-state index is 0.948. The Balaban J connectivity index is 1.59. The van der Waals surface area contributed by atoms with Crippen molar-refractivity contribution in [3.8, 4) is 11.5 Å². The summed E-state index contributed by atoms with van der Waals surface area (Å²) < 4.78 is 12.1. The van der Waals surface area contributed by atoms with Gasteiger partial charge >= 0.3 is 0 Å². The van der Waals surface area contributed by atoms with Crippen molar-refractivity contribution in [1.82, 2.24) is 0 Å². The van der Waals surface area contributed by atoms with Crippen molar-refractivity contribution in [2.24, 2.45) is 0 Å². The van der Waals surface area contributed by atoms with E-state index in [1.54, 1.807) is 14.2 Å². The van der Waals surface area contributed by atoms with Gasteiger partial charge in [-0.15, -0.1) is 0 Å². The van der Waals surface area contributed by atoms with Crippen molar-refractivity contribution in [1.29, 1.82) is 0 Å². The van der Waals surface area contributed by atoms with Crippen LogP contribution in [0.25, 0.3) is 86.2 Å². The molecule has 0 saturated heterocycles. The van der Waals surface area contributed by atoms with Crippen molar-refractivity contribution in [3.05, 3.63) is 97.1 Å². The summed E-state index contributed by atoms with van der Waals surface area (Å²) in [5, 5.41) is 20.0. The smallest absolute Gasteiger partial charge is 0.134 e. The molecule has 2 nitrogen and oxygen atoms in total. The highest BCUT2D eigenvalue weighted by Gasteiger charge is 2.22. The lowest BCUT2D eigenvalue weighted by molar-refractivity contribution is 0.424. The van der Waals surface area contributed by atoms with Gasteiger partial charge < -0.3 is 9.47 Å². The van der Waals surface area contributed by atoms with Crippen molar-refractivity contribution < 1.29 is 9.47 Å². The van der Waals surface area contributed by atoms with E-state index < -0.39 is 0 Å². The summed E-state index contributed by atoms with van der Waals surface area (Å²) in [5.74, 6) is 1.90. The molecule has 0 N–H and O–H groups in total. The predicted molar refractivity (Wildman–Crippen MR) is 162 cm³/mol. The molecule has 0 bridgehead atoms. The third-order valence-corrected chi connectivity index (χ3v) is 8.72. The lowest BCUT2D eigenvalue weighted by atomic mass is 9.83. The first-order chi connectivity index (χ1) is 18.8. The van der Waals surface area contributed by atoms with Crippen LogP contribution >= 0.6 is 0 Å². The first kappa shape index (κ1) is 20.3. The van der Waals surface area contributed by atoms with E-state index in [1.165, 1.54) is 75.4 Å². The van der Waals surface area contributed by atoms with E-state index in [1.807, 2.05) is 0 Å². The van der Waals surface area contributed by atoms with Crippen molar-refractivity contribution in [2.45, 2.75) is 0 Å². The Kier molecular flexibility index (Phi) is 3.70. The molecule has 2 heteroatoms. The molecule has 0 amide bonds. The van der Waals surface area contributed by atoms with Gasteiger partial charge in [-0.3, -0.25) is 0 Å². The van der Waals surface area contributed by atoms with Gasteiger partial charge in [0.05, 0.1) is 14.2 Å². The Morgan fingerprint density at radius 3 is 0.895 bits per heavy atom. The van der Waals surface area contributed by atoms with Gasteiger partial charge in [-0.25, -0.2) is 0 Å². The monoisotopic (exact) mass is 486 g/mol. The molecule has 0 spiro atoms. The zero-order valence-electron chi connectivity index (χ0n) is 21.1. The Morgan fingerprint density at radius 1 is 0.289 bits per heavy atom. The summed E-state index contributed by atoms with van der Waals surface area (Å²) in [7, 11) is 3.57. The molecular weight excluding hydrogens is 464 g/mol. The molecule has 0 radical (unpaired) electrons. The number of rotatable bonds is 2. The molecule has 9 aromatic carbocycles. The van der Waals surface area contributed by atoms with E-state index in [9.17, 15) is 0 Å². The number of ether oxygens (including phenoxy) is 2. The molecule has 9 aromatic rings. The van der Waals surface area contributed by atoms with Gasteiger partial charge in [-0.1, -0.05) is 84.9 Å². The topological polar surface area (TPSA) is 18.5 Å². The second kappa shape index (κ2) is 6.93. The molecule has 0 unspecified atom stereocenters. The average molecular weight is 487 g/mol. The second-order valence-corrected chi connectivity index (χ2v) is 10.3. The summed E-state index contributed by atoms with van der Waals surface area (Å²) in [5.41, 5.74) is 0. The maximum atomic E-state index is 6.03. The average Bonchev–Trinajstić information content (AvgIpc) is 2.98. The van der Waals surface area contributed by atoms with Crippen LogP contribution in [0.5, 0.6) is 11.5 Å². The summed E-state index contributed by atoms with van der Waals surface area (Å²) in [6.07, 6.45) is 0. The Hall–Kier alpha value is -4.82. The molecule has 38 heavy (non-hydrogen) atoms. The van der Waals surface area contributed by atoms with Crippen LogP contribution in [0, 0.1) is 0 Å². The van der Waals surface area contributed by atoms with Crippen LogP contribution < -0.4 is 9.47 Å². The second-order valence-electron chi connectivity index (χ2n) is 10.3. The summed E-state index contributed by atoms with van der Waals surface area (Å²) in [6, 6.07) is 35.5. The fourth-order valence-corrected chi connectivity index (χ4v) is 7.28. The zero-order valence-corrected chi connectivity index (χ0v) is 21.1. The van der Waals surface area contributed by atoms with Crippen molar-refractivity contribution >= 4 is 86.2 Å². The van der Waals surface area contributed by atoms with E-state index >= 15 is 0 Å². The SMILES string of the molecule is COc1c2ccccc2c2ccc3c4ccc5c(OC)c6ccccc6c6ccc(c7ccc1c2c73)c4c56. The number of fused-ring (bicyclic) bond motifs is 6. The van der Waals surface area contributed by atoms with Crippen molar-refractivity contribution in [2.75, 3.05) is 14.2 Å². The fraction of sp³-hybridized carbons (Fsp3) is 0.0556. The van der Waals surface area contributed by atoms with Gasteiger partial charge in [0.25, 0.3) is 0 Å². The highest BCUT2D eigenvalue weighted by atomic mass is 16.5. The van der Waals surface area contributed by atoms with Crippen LogP contribution in [0.4, 0.5) is 0 Å². The molecule has 0 fully saturated rings. The molecule has 0 heterocycles. The van der Waals surface area contributed by atoms with Gasteiger partial charge in [-0.2, -0.15) is 0 Å². The molecule has 0 saturated carbocycles. The molecule has 0 aliphatic heterocycles. The first-order valence-corrected chi connectivity index (χ1v) is 13.0. The highest BCUT2D eigenvalue weighted by molar-refractivity contribution is 6.43. The first-order valence-electron chi connectivity index (χ1n) is 13.0. The van der Waals surface area contributed by atoms with E-state index in [0.717, 1.165) is 22.3 Å². The fourth-order valence-electron chi connectivity index (χ4n) is 7.28. The molecular formula is C36H22O2. The molecule has 9 rings (SSSR count). The number of hydrogen-bond acceptors (Lipinski definition) is 2. The van der Waals surface area contributed by atoms with Crippen LogP contribution in [-0.2, 0) is 0 Å². The van der Waals surface area contributed by atoms with Gasteiger partial charge in [0, 0.05) is 32.3 Å². The van der Waals surface area contributed by atoms with Crippen LogP contribution in [0.1, 0.15) is 0 Å². The third kappa shape index (κ3) is 2.22. The Bertz CT molecular complexity index is 2220. The summed E-state index contributed by atoms with van der Waals surface area (Å²) in [4.78, 5) is 0. The van der Waals surface area contributed by atoms with E-state index in [4.69, 9.17) is 9.47 Å². The standard InChI is InChI=1S/C36H22O2/c1-37-35-27-9-5-3-7-19(27)21-11-13-23-26-16-18-30-34-22(20-8-4-6-10-28(20)36(30)38-2)12-14-24(32(26)34)25-15-17-29(35)33(21)31(23)25/h3-18H,1-2H3. The number of benzene rings is 9. The quantitative estimate of drug-likeness (QED) is 0.179. The zero-order chi connectivity index (χ0) is 25.1. The molecule has 0 aromatic heterocycles. The lowest BCUT2D eigenvalue weighted by Gasteiger charge is -2.21. The van der Waals surface area contributed by atoms with Gasteiger partial charge in [0.1, 0.15) is 11.5 Å². The van der Waals surface area contributed by atoms with Crippen LogP contribution in [0.2, 0.25) is 0 Å². The van der Waals surface area contributed by atoms with Crippen LogP contribution in [0.3, 0.4) is 0 Å². The normalized spacial score (nSPS) is 12.5. The predicted octanol–water partition coefficient (Wildman–Crippen LogP) is 9.80. The minimum atomic E-state index is 0.948. The molecule has 0 aliphatic carbocycles. The maximum Gasteiger partial charge on any atom is 0.134 e. The minimum Gasteiger partial charge on any atom is -0.495 e. The van der Waals surface area contributed by atoms with Crippen LogP contribution in [0.15, 0.2) is 97.1 Å². The molecule has 0 atom stereocenters. The Morgan fingerprint density at radius 2 is 0.553 bits per heavy atom.